The van der Waals surface area contributed by atoms with Gasteiger partial charge in [0, 0.05) is 7.05 Å². The van der Waals surface area contributed by atoms with E-state index in [0.29, 0.717) is 0 Å². The first-order valence-electron chi connectivity index (χ1n) is 5.81. The molecule has 0 unspecified atom stereocenters. The second-order valence-corrected chi connectivity index (χ2v) is 6.35. The van der Waals surface area contributed by atoms with E-state index in [1.807, 2.05) is 0 Å². The SMILES string of the molecule is Cn1ncc(Cl)c1S(=O)(=O)N(CC(=O)O)c1ccccc1. The molecule has 0 saturated carbocycles. The predicted molar refractivity (Wildman–Crippen MR) is 76.8 cm³/mol. The Balaban J connectivity index is 2.58. The third-order valence-electron chi connectivity index (χ3n) is 2.70. The molecule has 0 amide bonds. The standard InChI is InChI=1S/C12H12ClN3O4S/c1-15-12(10(13)7-14-15)21(19,20)16(8-11(17)18)9-5-3-2-4-6-9/h2-7H,8H2,1H3,(H,17,18). The van der Waals surface area contributed by atoms with Crippen molar-refractivity contribution < 1.29 is 18.3 Å². The normalized spacial score (nSPS) is 11.3. The van der Waals surface area contributed by atoms with Gasteiger partial charge in [0.05, 0.1) is 16.9 Å². The molecule has 1 N–H and O–H groups in total. The van der Waals surface area contributed by atoms with Crippen LogP contribution in [0.4, 0.5) is 5.69 Å². The molecule has 7 nitrogen and oxygen atoms in total. The van der Waals surface area contributed by atoms with Crippen molar-refractivity contribution in [3.63, 3.8) is 0 Å². The average molecular weight is 330 g/mol. The van der Waals surface area contributed by atoms with Gasteiger partial charge >= 0.3 is 5.97 Å². The van der Waals surface area contributed by atoms with E-state index in [0.717, 1.165) is 8.99 Å². The molecular formula is C12H12ClN3O4S. The highest BCUT2D eigenvalue weighted by atomic mass is 35.5. The molecule has 2 rings (SSSR count). The van der Waals surface area contributed by atoms with Crippen molar-refractivity contribution in [3.05, 3.63) is 41.6 Å². The number of sulfonamides is 1. The van der Waals surface area contributed by atoms with E-state index in [1.165, 1.54) is 25.4 Å². The van der Waals surface area contributed by atoms with E-state index in [4.69, 9.17) is 16.7 Å². The number of carboxylic acids is 1. The Morgan fingerprint density at radius 2 is 2.00 bits per heavy atom. The summed E-state index contributed by atoms with van der Waals surface area (Å²) in [5.74, 6) is -1.28. The van der Waals surface area contributed by atoms with Crippen molar-refractivity contribution in [2.75, 3.05) is 10.8 Å². The van der Waals surface area contributed by atoms with Crippen LogP contribution < -0.4 is 4.31 Å². The fourth-order valence-corrected chi connectivity index (χ4v) is 3.85. The van der Waals surface area contributed by atoms with Gasteiger partial charge in [-0.05, 0) is 12.1 Å². The van der Waals surface area contributed by atoms with E-state index < -0.39 is 22.5 Å². The molecule has 0 spiro atoms. The number of carboxylic acid groups (broad SMARTS) is 1. The van der Waals surface area contributed by atoms with Crippen LogP contribution in [-0.2, 0) is 21.9 Å². The van der Waals surface area contributed by atoms with E-state index in [9.17, 15) is 13.2 Å². The Morgan fingerprint density at radius 1 is 1.38 bits per heavy atom. The van der Waals surface area contributed by atoms with Crippen LogP contribution in [0.5, 0.6) is 0 Å². The van der Waals surface area contributed by atoms with Crippen LogP contribution in [0, 0.1) is 0 Å². The maximum Gasteiger partial charge on any atom is 0.324 e. The number of aliphatic carboxylic acids is 1. The fourth-order valence-electron chi connectivity index (χ4n) is 1.83. The molecule has 1 aromatic carbocycles. The van der Waals surface area contributed by atoms with Gasteiger partial charge in [-0.25, -0.2) is 0 Å². The summed E-state index contributed by atoms with van der Waals surface area (Å²) in [6, 6.07) is 7.94. The molecule has 9 heteroatoms. The summed E-state index contributed by atoms with van der Waals surface area (Å²) in [7, 11) is -2.73. The minimum atomic E-state index is -4.15. The number of rotatable bonds is 5. The molecule has 0 radical (unpaired) electrons. The summed E-state index contributed by atoms with van der Waals surface area (Å²) >= 11 is 5.86. The Bertz CT molecular complexity index is 739. The summed E-state index contributed by atoms with van der Waals surface area (Å²) < 4.78 is 27.2. The Morgan fingerprint density at radius 3 is 2.48 bits per heavy atom. The molecule has 0 saturated heterocycles. The lowest BCUT2D eigenvalue weighted by atomic mass is 10.3. The van der Waals surface area contributed by atoms with Gasteiger partial charge in [0.15, 0.2) is 5.03 Å². The van der Waals surface area contributed by atoms with Crippen LogP contribution in [0.2, 0.25) is 5.02 Å². The zero-order valence-electron chi connectivity index (χ0n) is 11.0. The minimum absolute atomic E-state index is 0.0659. The molecule has 0 aliphatic rings. The number of carbonyl (C=O) groups is 1. The van der Waals surface area contributed by atoms with Gasteiger partial charge in [0.1, 0.15) is 6.54 Å². The van der Waals surface area contributed by atoms with E-state index in [1.54, 1.807) is 18.2 Å². The molecule has 2 aromatic rings. The fraction of sp³-hybridized carbons (Fsp3) is 0.167. The van der Waals surface area contributed by atoms with Crippen LogP contribution in [-0.4, -0.2) is 35.8 Å². The van der Waals surface area contributed by atoms with Gasteiger partial charge in [-0.2, -0.15) is 13.5 Å². The number of halogens is 1. The number of aromatic nitrogens is 2. The highest BCUT2D eigenvalue weighted by Gasteiger charge is 2.31. The first kappa shape index (κ1) is 15.3. The maximum absolute atomic E-state index is 12.7. The molecule has 112 valence electrons. The van der Waals surface area contributed by atoms with Gasteiger partial charge in [0.25, 0.3) is 10.0 Å². The van der Waals surface area contributed by atoms with Crippen molar-refractivity contribution in [2.45, 2.75) is 5.03 Å². The van der Waals surface area contributed by atoms with Gasteiger partial charge < -0.3 is 5.11 Å². The zero-order chi connectivity index (χ0) is 15.6. The van der Waals surface area contributed by atoms with Crippen molar-refractivity contribution >= 4 is 33.3 Å². The number of nitrogens with zero attached hydrogens (tertiary/aromatic N) is 3. The molecule has 0 fully saturated rings. The molecule has 1 heterocycles. The van der Waals surface area contributed by atoms with Gasteiger partial charge in [-0.3, -0.25) is 13.8 Å². The molecule has 21 heavy (non-hydrogen) atoms. The summed E-state index contributed by atoms with van der Waals surface area (Å²) in [6.45, 7) is -0.714. The smallest absolute Gasteiger partial charge is 0.324 e. The number of para-hydroxylation sites is 1. The number of hydrogen-bond acceptors (Lipinski definition) is 4. The average Bonchev–Trinajstić information content (AvgIpc) is 2.76. The number of hydrogen-bond donors (Lipinski definition) is 1. The Labute approximate surface area is 126 Å². The first-order valence-corrected chi connectivity index (χ1v) is 7.63. The summed E-state index contributed by atoms with van der Waals surface area (Å²) in [4.78, 5) is 11.0. The quantitative estimate of drug-likeness (QED) is 0.894. The number of anilines is 1. The lowest BCUT2D eigenvalue weighted by Crippen LogP contribution is -2.36. The lowest BCUT2D eigenvalue weighted by Gasteiger charge is -2.22. The van der Waals surface area contributed by atoms with Crippen LogP contribution in [0.15, 0.2) is 41.6 Å². The summed E-state index contributed by atoms with van der Waals surface area (Å²) in [6.07, 6.45) is 1.19. The number of aryl methyl sites for hydroxylation is 1. The Hall–Kier alpha value is -2.06. The summed E-state index contributed by atoms with van der Waals surface area (Å²) in [5.41, 5.74) is 0.233. The maximum atomic E-state index is 12.7. The van der Waals surface area contributed by atoms with Crippen molar-refractivity contribution in [2.24, 2.45) is 7.05 Å². The Kier molecular flexibility index (Phi) is 4.19. The molecule has 0 aliphatic heterocycles. The second kappa shape index (κ2) is 5.74. The van der Waals surface area contributed by atoms with Gasteiger partial charge in [0.2, 0.25) is 0 Å². The van der Waals surface area contributed by atoms with Crippen molar-refractivity contribution in [1.82, 2.24) is 9.78 Å². The third kappa shape index (κ3) is 3.01. The molecular weight excluding hydrogens is 318 g/mol. The molecule has 0 bridgehead atoms. The van der Waals surface area contributed by atoms with Crippen LogP contribution in [0.1, 0.15) is 0 Å². The monoisotopic (exact) mass is 329 g/mol. The molecule has 0 atom stereocenters. The van der Waals surface area contributed by atoms with Crippen LogP contribution in [0.3, 0.4) is 0 Å². The van der Waals surface area contributed by atoms with E-state index >= 15 is 0 Å². The first-order chi connectivity index (χ1) is 9.84. The van der Waals surface area contributed by atoms with Gasteiger partial charge in [-0.1, -0.05) is 29.8 Å². The van der Waals surface area contributed by atoms with E-state index in [-0.39, 0.29) is 15.7 Å². The van der Waals surface area contributed by atoms with Crippen molar-refractivity contribution in [1.29, 1.82) is 0 Å². The highest BCUT2D eigenvalue weighted by molar-refractivity contribution is 7.92. The second-order valence-electron chi connectivity index (χ2n) is 4.16. The largest absolute Gasteiger partial charge is 0.480 e. The minimum Gasteiger partial charge on any atom is -0.480 e. The van der Waals surface area contributed by atoms with Crippen LogP contribution >= 0.6 is 11.6 Å². The lowest BCUT2D eigenvalue weighted by molar-refractivity contribution is -0.135. The molecule has 1 aromatic heterocycles. The third-order valence-corrected chi connectivity index (χ3v) is 4.98. The predicted octanol–water partition coefficient (Wildman–Crippen LogP) is 1.35. The van der Waals surface area contributed by atoms with E-state index in [2.05, 4.69) is 5.10 Å². The molecule has 0 aliphatic carbocycles. The highest BCUT2D eigenvalue weighted by Crippen LogP contribution is 2.27. The number of benzene rings is 1. The van der Waals surface area contributed by atoms with Gasteiger partial charge in [-0.15, -0.1) is 0 Å². The van der Waals surface area contributed by atoms with Crippen molar-refractivity contribution in [3.8, 4) is 0 Å². The van der Waals surface area contributed by atoms with Crippen LogP contribution in [0.25, 0.3) is 0 Å². The zero-order valence-corrected chi connectivity index (χ0v) is 12.5. The topological polar surface area (TPSA) is 92.5 Å². The summed E-state index contributed by atoms with van der Waals surface area (Å²) in [5, 5.41) is 12.4.